The Kier molecular flexibility index (Phi) is 4.90. The molecule has 1 heterocycles. The molecule has 1 aliphatic heterocycles. The smallest absolute Gasteiger partial charge is 0.220 e. The van der Waals surface area contributed by atoms with E-state index in [0.717, 1.165) is 42.7 Å². The van der Waals surface area contributed by atoms with E-state index in [-0.39, 0.29) is 5.91 Å². The molecule has 1 N–H and O–H groups in total. The van der Waals surface area contributed by atoms with Gasteiger partial charge in [-0.15, -0.1) is 0 Å². The number of fused-ring (bicyclic) bond motifs is 1. The normalized spacial score (nSPS) is 28.8. The van der Waals surface area contributed by atoms with Crippen LogP contribution in [0.5, 0.6) is 5.75 Å². The number of hydrogen-bond donors (Lipinski definition) is 1. The molecule has 1 aromatic rings. The Hall–Kier alpha value is -1.55. The third-order valence-corrected chi connectivity index (χ3v) is 5.44. The zero-order valence-corrected chi connectivity index (χ0v) is 14.3. The average molecular weight is 317 g/mol. The van der Waals surface area contributed by atoms with Gasteiger partial charge < -0.3 is 14.8 Å². The number of methoxy groups -OCH3 is 1. The second-order valence-corrected chi connectivity index (χ2v) is 6.76. The van der Waals surface area contributed by atoms with Gasteiger partial charge in [-0.1, -0.05) is 19.1 Å². The first kappa shape index (κ1) is 16.3. The highest BCUT2D eigenvalue weighted by Gasteiger charge is 2.53. The molecule has 23 heavy (non-hydrogen) atoms. The lowest BCUT2D eigenvalue weighted by Gasteiger charge is -2.47. The van der Waals surface area contributed by atoms with Crippen molar-refractivity contribution in [1.29, 1.82) is 0 Å². The van der Waals surface area contributed by atoms with E-state index in [1.54, 1.807) is 7.11 Å². The molecule has 0 aromatic heterocycles. The molecule has 126 valence electrons. The van der Waals surface area contributed by atoms with Crippen molar-refractivity contribution in [3.63, 3.8) is 0 Å². The van der Waals surface area contributed by atoms with E-state index < -0.39 is 0 Å². The summed E-state index contributed by atoms with van der Waals surface area (Å²) in [7, 11) is 1.68. The Morgan fingerprint density at radius 2 is 2.26 bits per heavy atom. The fourth-order valence-corrected chi connectivity index (χ4v) is 4.07. The maximum absolute atomic E-state index is 12.3. The number of ether oxygens (including phenoxy) is 2. The van der Waals surface area contributed by atoms with E-state index in [1.165, 1.54) is 0 Å². The Labute approximate surface area is 138 Å². The molecular weight excluding hydrogens is 290 g/mol. The first-order valence-corrected chi connectivity index (χ1v) is 8.68. The molecule has 1 saturated carbocycles. The third kappa shape index (κ3) is 3.23. The van der Waals surface area contributed by atoms with Crippen LogP contribution >= 0.6 is 0 Å². The summed E-state index contributed by atoms with van der Waals surface area (Å²) in [6.07, 6.45) is 3.81. The van der Waals surface area contributed by atoms with Gasteiger partial charge in [0.2, 0.25) is 5.91 Å². The molecule has 1 aromatic carbocycles. The summed E-state index contributed by atoms with van der Waals surface area (Å²) < 4.78 is 11.1. The molecule has 4 heteroatoms. The highest BCUT2D eigenvalue weighted by Crippen LogP contribution is 2.45. The van der Waals surface area contributed by atoms with Crippen LogP contribution < -0.4 is 10.1 Å². The molecule has 1 amide bonds. The summed E-state index contributed by atoms with van der Waals surface area (Å²) in [4.78, 5) is 12.3. The minimum absolute atomic E-state index is 0.151. The standard InChI is InChI=1S/C19H27NO3/c1-4-14-18(15-9-10-23-19(14)15)20-17(21)8-7-13-6-5-12(2)16(11-13)22-3/h5-6,11,14-15,18-19H,4,7-10H2,1-3H3,(H,20,21)/t14-,15+,18-,19-/m1/s1. The quantitative estimate of drug-likeness (QED) is 0.877. The number of hydrogen-bond acceptors (Lipinski definition) is 3. The highest BCUT2D eigenvalue weighted by atomic mass is 16.5. The molecule has 0 radical (unpaired) electrons. The number of amides is 1. The number of benzene rings is 1. The predicted octanol–water partition coefficient (Wildman–Crippen LogP) is 2.87. The van der Waals surface area contributed by atoms with Crippen molar-refractivity contribution < 1.29 is 14.3 Å². The van der Waals surface area contributed by atoms with Crippen LogP contribution in [-0.2, 0) is 16.0 Å². The van der Waals surface area contributed by atoms with Crippen molar-refractivity contribution in [3.8, 4) is 5.75 Å². The number of carbonyl (C=O) groups excluding carboxylic acids is 1. The summed E-state index contributed by atoms with van der Waals surface area (Å²) >= 11 is 0. The number of aryl methyl sites for hydroxylation is 2. The van der Waals surface area contributed by atoms with Crippen LogP contribution in [0.2, 0.25) is 0 Å². The largest absolute Gasteiger partial charge is 0.496 e. The summed E-state index contributed by atoms with van der Waals surface area (Å²) in [5.74, 6) is 2.06. The van der Waals surface area contributed by atoms with Gasteiger partial charge in [-0.05, 0) is 43.4 Å². The lowest BCUT2D eigenvalue weighted by molar-refractivity contribution is -0.127. The van der Waals surface area contributed by atoms with Crippen molar-refractivity contribution in [2.24, 2.45) is 11.8 Å². The molecule has 0 unspecified atom stereocenters. The molecule has 4 atom stereocenters. The summed E-state index contributed by atoms with van der Waals surface area (Å²) in [6, 6.07) is 6.46. The third-order valence-electron chi connectivity index (χ3n) is 5.44. The molecule has 2 fully saturated rings. The maximum Gasteiger partial charge on any atom is 0.220 e. The van der Waals surface area contributed by atoms with Crippen LogP contribution in [0.25, 0.3) is 0 Å². The molecule has 0 spiro atoms. The fraction of sp³-hybridized carbons (Fsp3) is 0.632. The van der Waals surface area contributed by atoms with Crippen LogP contribution in [0.1, 0.15) is 37.3 Å². The first-order valence-electron chi connectivity index (χ1n) is 8.68. The zero-order chi connectivity index (χ0) is 16.4. The molecule has 1 saturated heterocycles. The molecule has 1 aliphatic carbocycles. The second-order valence-electron chi connectivity index (χ2n) is 6.76. The van der Waals surface area contributed by atoms with Gasteiger partial charge in [-0.25, -0.2) is 0 Å². The average Bonchev–Trinajstić information content (AvgIpc) is 2.96. The minimum Gasteiger partial charge on any atom is -0.496 e. The Bertz CT molecular complexity index is 572. The molecule has 0 bridgehead atoms. The van der Waals surface area contributed by atoms with E-state index in [2.05, 4.69) is 18.3 Å². The summed E-state index contributed by atoms with van der Waals surface area (Å²) in [6.45, 7) is 5.05. The van der Waals surface area contributed by atoms with Gasteiger partial charge in [0.25, 0.3) is 0 Å². The van der Waals surface area contributed by atoms with Crippen LogP contribution in [0.3, 0.4) is 0 Å². The SMILES string of the molecule is CC[C@@H]1[C@@H](NC(=O)CCc2ccc(C)c(OC)c2)[C@@H]2CCO[C@H]12. The fourth-order valence-electron chi connectivity index (χ4n) is 4.07. The molecular formula is C19H27NO3. The predicted molar refractivity (Wildman–Crippen MR) is 89.6 cm³/mol. The highest BCUT2D eigenvalue weighted by molar-refractivity contribution is 5.76. The van der Waals surface area contributed by atoms with Crippen LogP contribution in [-0.4, -0.2) is 31.8 Å². The monoisotopic (exact) mass is 317 g/mol. The second kappa shape index (κ2) is 6.91. The molecule has 4 nitrogen and oxygen atoms in total. The van der Waals surface area contributed by atoms with Crippen molar-refractivity contribution in [2.75, 3.05) is 13.7 Å². The zero-order valence-electron chi connectivity index (χ0n) is 14.3. The lowest BCUT2D eigenvalue weighted by Crippen LogP contribution is -2.61. The van der Waals surface area contributed by atoms with Crippen LogP contribution in [0, 0.1) is 18.8 Å². The van der Waals surface area contributed by atoms with Crippen molar-refractivity contribution >= 4 is 5.91 Å². The summed E-state index contributed by atoms with van der Waals surface area (Å²) in [5, 5.41) is 3.25. The van der Waals surface area contributed by atoms with Crippen molar-refractivity contribution in [1.82, 2.24) is 5.32 Å². The molecule has 2 aliphatic rings. The van der Waals surface area contributed by atoms with Gasteiger partial charge in [0, 0.05) is 30.9 Å². The van der Waals surface area contributed by atoms with Gasteiger partial charge in [-0.3, -0.25) is 4.79 Å². The Morgan fingerprint density at radius 1 is 1.43 bits per heavy atom. The van der Waals surface area contributed by atoms with Gasteiger partial charge in [0.05, 0.1) is 13.2 Å². The number of rotatable bonds is 6. The van der Waals surface area contributed by atoms with Crippen LogP contribution in [0.15, 0.2) is 18.2 Å². The van der Waals surface area contributed by atoms with Gasteiger partial charge >= 0.3 is 0 Å². The van der Waals surface area contributed by atoms with Crippen LogP contribution in [0.4, 0.5) is 0 Å². The minimum atomic E-state index is 0.151. The van der Waals surface area contributed by atoms with E-state index in [1.807, 2.05) is 19.1 Å². The topological polar surface area (TPSA) is 47.6 Å². The van der Waals surface area contributed by atoms with E-state index in [9.17, 15) is 4.79 Å². The van der Waals surface area contributed by atoms with Crippen molar-refractivity contribution in [3.05, 3.63) is 29.3 Å². The van der Waals surface area contributed by atoms with Gasteiger partial charge in [-0.2, -0.15) is 0 Å². The number of carbonyl (C=O) groups is 1. The Morgan fingerprint density at radius 3 is 3.00 bits per heavy atom. The molecule has 3 rings (SSSR count). The van der Waals surface area contributed by atoms with E-state index >= 15 is 0 Å². The Balaban J connectivity index is 1.52. The first-order chi connectivity index (χ1) is 11.1. The van der Waals surface area contributed by atoms with Gasteiger partial charge in [0.15, 0.2) is 0 Å². The number of nitrogens with one attached hydrogen (secondary N) is 1. The maximum atomic E-state index is 12.3. The van der Waals surface area contributed by atoms with E-state index in [0.29, 0.717) is 30.4 Å². The summed E-state index contributed by atoms with van der Waals surface area (Å²) in [5.41, 5.74) is 2.26. The lowest BCUT2D eigenvalue weighted by atomic mass is 9.65. The van der Waals surface area contributed by atoms with Gasteiger partial charge in [0.1, 0.15) is 5.75 Å². The van der Waals surface area contributed by atoms with Crippen molar-refractivity contribution in [2.45, 2.75) is 51.7 Å². The van der Waals surface area contributed by atoms with E-state index in [4.69, 9.17) is 9.47 Å².